The Morgan fingerprint density at radius 3 is 2.43 bits per heavy atom. The van der Waals surface area contributed by atoms with E-state index < -0.39 is 5.91 Å². The number of ether oxygens (including phenoxy) is 2. The molecule has 2 rings (SSSR count). The van der Waals surface area contributed by atoms with Crippen molar-refractivity contribution in [2.45, 2.75) is 19.3 Å². The van der Waals surface area contributed by atoms with Gasteiger partial charge in [0.15, 0.2) is 0 Å². The van der Waals surface area contributed by atoms with Gasteiger partial charge in [0, 0.05) is 17.4 Å². The molecule has 7 heteroatoms. The Labute approximate surface area is 139 Å². The molecule has 0 saturated heterocycles. The van der Waals surface area contributed by atoms with Gasteiger partial charge in [0.1, 0.15) is 17.1 Å². The van der Waals surface area contributed by atoms with Gasteiger partial charge in [-0.2, -0.15) is 0 Å². The molecule has 0 aliphatic heterocycles. The van der Waals surface area contributed by atoms with Crippen LogP contribution in [0.15, 0.2) is 28.8 Å². The van der Waals surface area contributed by atoms with Crippen LogP contribution in [0.25, 0.3) is 0 Å². The lowest BCUT2D eigenvalue weighted by Crippen LogP contribution is -2.19. The first-order chi connectivity index (χ1) is 10.9. The highest BCUT2D eigenvalue weighted by Crippen LogP contribution is 2.30. The highest BCUT2D eigenvalue weighted by molar-refractivity contribution is 6.18. The summed E-state index contributed by atoms with van der Waals surface area (Å²) in [5, 5.41) is 6.61. The summed E-state index contributed by atoms with van der Waals surface area (Å²) in [6.45, 7) is 3.87. The second-order valence-corrected chi connectivity index (χ2v) is 5.85. The van der Waals surface area contributed by atoms with E-state index in [2.05, 4.69) is 10.5 Å². The van der Waals surface area contributed by atoms with Crippen LogP contribution in [0.5, 0.6) is 11.5 Å². The van der Waals surface area contributed by atoms with E-state index in [4.69, 9.17) is 25.6 Å². The minimum atomic E-state index is -0.411. The average Bonchev–Trinajstić information content (AvgIpc) is 3.03. The number of methoxy groups -OCH3 is 2. The molecular weight excluding hydrogens is 320 g/mol. The second kappa shape index (κ2) is 6.91. The van der Waals surface area contributed by atoms with Crippen LogP contribution in [0.2, 0.25) is 0 Å². The van der Waals surface area contributed by atoms with Crippen LogP contribution < -0.4 is 14.8 Å². The predicted molar refractivity (Wildman–Crippen MR) is 87.7 cm³/mol. The molecule has 0 radical (unpaired) electrons. The van der Waals surface area contributed by atoms with Gasteiger partial charge in [-0.1, -0.05) is 25.1 Å². The highest BCUT2D eigenvalue weighted by Gasteiger charge is 2.25. The standard InChI is InChI=1S/C16H19ClN2O4/c1-16(2,9-17)12-8-13(23-19-12)18-15(20)14-10(21-3)6-5-7-11(14)22-4/h5-8H,9H2,1-4H3,(H,18,20). The zero-order valence-electron chi connectivity index (χ0n) is 13.5. The fourth-order valence-corrected chi connectivity index (χ4v) is 2.11. The maximum Gasteiger partial charge on any atom is 0.265 e. The van der Waals surface area contributed by atoms with Gasteiger partial charge in [-0.05, 0) is 12.1 Å². The van der Waals surface area contributed by atoms with E-state index in [9.17, 15) is 4.79 Å². The number of alkyl halides is 1. The van der Waals surface area contributed by atoms with Gasteiger partial charge >= 0.3 is 0 Å². The monoisotopic (exact) mass is 338 g/mol. The number of nitrogens with one attached hydrogen (secondary N) is 1. The van der Waals surface area contributed by atoms with Gasteiger partial charge in [0.25, 0.3) is 5.91 Å². The Bertz CT molecular complexity index is 675. The van der Waals surface area contributed by atoms with Crippen LogP contribution in [0, 0.1) is 0 Å². The number of carbonyl (C=O) groups excluding carboxylic acids is 1. The number of rotatable bonds is 6. The zero-order chi connectivity index (χ0) is 17.0. The summed E-state index contributed by atoms with van der Waals surface area (Å²) < 4.78 is 15.6. The molecule has 23 heavy (non-hydrogen) atoms. The topological polar surface area (TPSA) is 73.6 Å². The molecule has 0 unspecified atom stereocenters. The van der Waals surface area contributed by atoms with Crippen LogP contribution in [0.4, 0.5) is 5.88 Å². The fourth-order valence-electron chi connectivity index (χ4n) is 1.97. The number of halogens is 1. The summed E-state index contributed by atoms with van der Waals surface area (Å²) in [4.78, 5) is 12.5. The van der Waals surface area contributed by atoms with Gasteiger partial charge in [-0.15, -0.1) is 11.6 Å². The van der Waals surface area contributed by atoms with Crippen molar-refractivity contribution in [1.29, 1.82) is 0 Å². The molecular formula is C16H19ClN2O4. The van der Waals surface area contributed by atoms with Gasteiger partial charge < -0.3 is 14.0 Å². The van der Waals surface area contributed by atoms with Crippen LogP contribution in [-0.4, -0.2) is 31.2 Å². The summed E-state index contributed by atoms with van der Waals surface area (Å²) in [5.74, 6) is 1.01. The molecule has 6 nitrogen and oxygen atoms in total. The second-order valence-electron chi connectivity index (χ2n) is 5.59. The van der Waals surface area contributed by atoms with E-state index >= 15 is 0 Å². The first-order valence-electron chi connectivity index (χ1n) is 6.98. The normalized spacial score (nSPS) is 11.2. The molecule has 0 fully saturated rings. The molecule has 0 atom stereocenters. The van der Waals surface area contributed by atoms with E-state index in [1.54, 1.807) is 24.3 Å². The van der Waals surface area contributed by atoms with Gasteiger partial charge in [0.05, 0.1) is 19.9 Å². The smallest absolute Gasteiger partial charge is 0.265 e. The summed E-state index contributed by atoms with van der Waals surface area (Å²) in [6.07, 6.45) is 0. The lowest BCUT2D eigenvalue weighted by atomic mass is 9.92. The molecule has 1 N–H and O–H groups in total. The molecule has 0 aliphatic carbocycles. The van der Waals surface area contributed by atoms with Crippen molar-refractivity contribution < 1.29 is 18.8 Å². The Morgan fingerprint density at radius 2 is 1.91 bits per heavy atom. The van der Waals surface area contributed by atoms with Crippen LogP contribution in [-0.2, 0) is 5.41 Å². The zero-order valence-corrected chi connectivity index (χ0v) is 14.2. The number of amides is 1. The molecule has 0 aliphatic rings. The van der Waals surface area contributed by atoms with Crippen LogP contribution >= 0.6 is 11.6 Å². The summed E-state index contributed by atoms with van der Waals surface area (Å²) in [5.41, 5.74) is 0.595. The summed E-state index contributed by atoms with van der Waals surface area (Å²) >= 11 is 5.92. The van der Waals surface area contributed by atoms with Crippen molar-refractivity contribution in [3.8, 4) is 11.5 Å². The number of benzene rings is 1. The number of aromatic nitrogens is 1. The van der Waals surface area contributed by atoms with Crippen molar-refractivity contribution in [3.05, 3.63) is 35.5 Å². The van der Waals surface area contributed by atoms with Crippen LogP contribution in [0.3, 0.4) is 0 Å². The Morgan fingerprint density at radius 1 is 1.30 bits per heavy atom. The minimum absolute atomic E-state index is 0.233. The van der Waals surface area contributed by atoms with E-state index in [0.717, 1.165) is 0 Å². The van der Waals surface area contributed by atoms with E-state index in [0.29, 0.717) is 23.1 Å². The quantitative estimate of drug-likeness (QED) is 0.816. The third kappa shape index (κ3) is 3.59. The maximum absolute atomic E-state index is 12.5. The third-order valence-electron chi connectivity index (χ3n) is 3.43. The first-order valence-corrected chi connectivity index (χ1v) is 7.52. The fraction of sp³-hybridized carbons (Fsp3) is 0.375. The molecule has 1 aromatic carbocycles. The summed E-state index contributed by atoms with van der Waals surface area (Å²) in [6, 6.07) is 6.76. The largest absolute Gasteiger partial charge is 0.496 e. The molecule has 1 heterocycles. The van der Waals surface area contributed by atoms with Gasteiger partial charge in [0.2, 0.25) is 5.88 Å². The molecule has 124 valence electrons. The van der Waals surface area contributed by atoms with E-state index in [1.165, 1.54) is 14.2 Å². The first kappa shape index (κ1) is 17.1. The lowest BCUT2D eigenvalue weighted by molar-refractivity contribution is 0.101. The molecule has 2 aromatic rings. The summed E-state index contributed by atoms with van der Waals surface area (Å²) in [7, 11) is 2.97. The number of hydrogen-bond donors (Lipinski definition) is 1. The SMILES string of the molecule is COc1cccc(OC)c1C(=O)Nc1cc(C(C)(C)CCl)no1. The van der Waals surface area contributed by atoms with Crippen molar-refractivity contribution in [1.82, 2.24) is 5.16 Å². The lowest BCUT2D eigenvalue weighted by Gasteiger charge is -2.16. The van der Waals surface area contributed by atoms with Crippen molar-refractivity contribution in [3.63, 3.8) is 0 Å². The molecule has 1 amide bonds. The number of anilines is 1. The Balaban J connectivity index is 2.27. The Kier molecular flexibility index (Phi) is 5.15. The number of hydrogen-bond acceptors (Lipinski definition) is 5. The third-order valence-corrected chi connectivity index (χ3v) is 4.10. The highest BCUT2D eigenvalue weighted by atomic mass is 35.5. The molecule has 0 saturated carbocycles. The molecule has 0 bridgehead atoms. The van der Waals surface area contributed by atoms with Crippen molar-refractivity contribution >= 4 is 23.4 Å². The Hall–Kier alpha value is -2.21. The van der Waals surface area contributed by atoms with Crippen LogP contribution in [0.1, 0.15) is 29.9 Å². The molecule has 1 aromatic heterocycles. The van der Waals surface area contributed by atoms with Gasteiger partial charge in [-0.25, -0.2) is 0 Å². The molecule has 0 spiro atoms. The minimum Gasteiger partial charge on any atom is -0.496 e. The number of carbonyl (C=O) groups is 1. The number of nitrogens with zero attached hydrogens (tertiary/aromatic N) is 1. The van der Waals surface area contributed by atoms with Gasteiger partial charge in [-0.3, -0.25) is 10.1 Å². The predicted octanol–water partition coefficient (Wildman–Crippen LogP) is 3.46. The average molecular weight is 339 g/mol. The van der Waals surface area contributed by atoms with Crippen molar-refractivity contribution in [2.24, 2.45) is 0 Å². The van der Waals surface area contributed by atoms with Crippen molar-refractivity contribution in [2.75, 3.05) is 25.4 Å². The van der Waals surface area contributed by atoms with E-state index in [-0.39, 0.29) is 16.9 Å². The maximum atomic E-state index is 12.5. The van der Waals surface area contributed by atoms with E-state index in [1.807, 2.05) is 13.8 Å².